The quantitative estimate of drug-likeness (QED) is 0.702. The van der Waals surface area contributed by atoms with Crippen LogP contribution < -0.4 is 4.90 Å². The number of anilines is 1. The van der Waals surface area contributed by atoms with Crippen LogP contribution in [0.2, 0.25) is 5.02 Å². The summed E-state index contributed by atoms with van der Waals surface area (Å²) in [5, 5.41) is 0.807. The van der Waals surface area contributed by atoms with Gasteiger partial charge in [-0.3, -0.25) is 0 Å². The number of benzene rings is 1. The van der Waals surface area contributed by atoms with Crippen molar-refractivity contribution in [3.63, 3.8) is 0 Å². The molecule has 1 saturated carbocycles. The molecule has 0 spiro atoms. The highest BCUT2D eigenvalue weighted by Crippen LogP contribution is 2.39. The van der Waals surface area contributed by atoms with Gasteiger partial charge in [0.15, 0.2) is 0 Å². The van der Waals surface area contributed by atoms with Crippen molar-refractivity contribution in [1.29, 1.82) is 0 Å². The smallest absolute Gasteiger partial charge is 0.0488 e. The summed E-state index contributed by atoms with van der Waals surface area (Å²) in [6.07, 6.45) is 6.90. The van der Waals surface area contributed by atoms with E-state index in [1.807, 2.05) is 0 Å². The van der Waals surface area contributed by atoms with Gasteiger partial charge in [0.25, 0.3) is 0 Å². The van der Waals surface area contributed by atoms with Gasteiger partial charge in [0.05, 0.1) is 0 Å². The molecule has 2 unspecified atom stereocenters. The molecule has 0 amide bonds. The zero-order valence-corrected chi connectivity index (χ0v) is 12.1. The average Bonchev–Trinajstić information content (AvgIpc) is 2.82. The van der Waals surface area contributed by atoms with Crippen LogP contribution in [-0.2, 0) is 5.88 Å². The number of fused-ring (bicyclic) bond motifs is 1. The minimum atomic E-state index is 0.491. The molecule has 1 aromatic carbocycles. The molecule has 3 heteroatoms. The number of rotatable bonds is 2. The fourth-order valence-electron chi connectivity index (χ4n) is 3.55. The highest BCUT2D eigenvalue weighted by Gasteiger charge is 2.35. The van der Waals surface area contributed by atoms with Crippen LogP contribution in [0.5, 0.6) is 0 Å². The van der Waals surface area contributed by atoms with E-state index in [2.05, 4.69) is 23.1 Å². The van der Waals surface area contributed by atoms with Crippen molar-refractivity contribution < 1.29 is 0 Å². The molecule has 2 aliphatic rings. The molecule has 2 fully saturated rings. The molecule has 0 N–H and O–H groups in total. The van der Waals surface area contributed by atoms with Gasteiger partial charge in [0, 0.05) is 29.2 Å². The maximum atomic E-state index is 6.27. The predicted molar refractivity (Wildman–Crippen MR) is 78.7 cm³/mol. The van der Waals surface area contributed by atoms with E-state index in [9.17, 15) is 0 Å². The lowest BCUT2D eigenvalue weighted by Crippen LogP contribution is -2.34. The van der Waals surface area contributed by atoms with E-state index in [1.54, 1.807) is 0 Å². The first-order chi connectivity index (χ1) is 8.79. The summed E-state index contributed by atoms with van der Waals surface area (Å²) >= 11 is 12.1. The molecule has 1 aromatic rings. The number of hydrogen-bond donors (Lipinski definition) is 0. The fraction of sp³-hybridized carbons (Fsp3) is 0.600. The van der Waals surface area contributed by atoms with Crippen LogP contribution in [0, 0.1) is 5.92 Å². The monoisotopic (exact) mass is 283 g/mol. The first-order valence-electron chi connectivity index (χ1n) is 6.90. The van der Waals surface area contributed by atoms with Gasteiger partial charge in [-0.15, -0.1) is 11.6 Å². The lowest BCUT2D eigenvalue weighted by molar-refractivity contribution is 0.342. The predicted octanol–water partition coefficient (Wildman–Crippen LogP) is 4.85. The lowest BCUT2D eigenvalue weighted by atomic mass is 9.85. The Kier molecular flexibility index (Phi) is 3.72. The normalized spacial score (nSPS) is 27.3. The minimum absolute atomic E-state index is 0.491. The number of halogens is 2. The number of hydrogen-bond acceptors (Lipinski definition) is 1. The topological polar surface area (TPSA) is 3.24 Å². The Morgan fingerprint density at radius 2 is 2.00 bits per heavy atom. The van der Waals surface area contributed by atoms with Crippen LogP contribution in [0.3, 0.4) is 0 Å². The third-order valence-electron chi connectivity index (χ3n) is 4.52. The third kappa shape index (κ3) is 2.23. The molecule has 98 valence electrons. The van der Waals surface area contributed by atoms with E-state index in [0.717, 1.165) is 22.5 Å². The Hall–Kier alpha value is -0.400. The Balaban J connectivity index is 1.84. The van der Waals surface area contributed by atoms with Crippen LogP contribution in [0.1, 0.15) is 37.7 Å². The van der Waals surface area contributed by atoms with Gasteiger partial charge in [0.2, 0.25) is 0 Å². The van der Waals surface area contributed by atoms with Gasteiger partial charge in [-0.2, -0.15) is 0 Å². The first-order valence-corrected chi connectivity index (χ1v) is 7.82. The SMILES string of the molecule is ClCc1ccc(N2CCC3CCCCC32)cc1Cl. The number of alkyl halides is 1. The molecule has 1 aliphatic carbocycles. The molecule has 2 atom stereocenters. The average molecular weight is 284 g/mol. The van der Waals surface area contributed by atoms with Gasteiger partial charge in [-0.25, -0.2) is 0 Å². The summed E-state index contributed by atoms with van der Waals surface area (Å²) in [7, 11) is 0. The first kappa shape index (κ1) is 12.6. The Morgan fingerprint density at radius 3 is 2.78 bits per heavy atom. The second kappa shape index (κ2) is 5.30. The van der Waals surface area contributed by atoms with Crippen molar-refractivity contribution in [2.45, 2.75) is 44.0 Å². The standard InChI is InChI=1S/C15H19Cl2N/c16-10-12-5-6-13(9-14(12)17)18-8-7-11-3-1-2-4-15(11)18/h5-6,9,11,15H,1-4,7-8,10H2. The maximum Gasteiger partial charge on any atom is 0.0488 e. The van der Waals surface area contributed by atoms with Crippen molar-refractivity contribution in [3.8, 4) is 0 Å². The summed E-state index contributed by atoms with van der Waals surface area (Å²) in [6, 6.07) is 7.09. The summed E-state index contributed by atoms with van der Waals surface area (Å²) in [6.45, 7) is 1.19. The fourth-order valence-corrected chi connectivity index (χ4v) is 4.09. The molecule has 0 radical (unpaired) electrons. The van der Waals surface area contributed by atoms with Gasteiger partial charge >= 0.3 is 0 Å². The highest BCUT2D eigenvalue weighted by molar-refractivity contribution is 6.32. The zero-order chi connectivity index (χ0) is 12.5. The van der Waals surface area contributed by atoms with Crippen molar-refractivity contribution in [3.05, 3.63) is 28.8 Å². The Bertz CT molecular complexity index is 433. The summed E-state index contributed by atoms with van der Waals surface area (Å²) < 4.78 is 0. The Labute approximate surface area is 119 Å². The molecular weight excluding hydrogens is 265 g/mol. The van der Waals surface area contributed by atoms with E-state index < -0.39 is 0 Å². The van der Waals surface area contributed by atoms with Gasteiger partial charge in [-0.05, 0) is 42.9 Å². The minimum Gasteiger partial charge on any atom is -0.368 e. The molecule has 1 aliphatic heterocycles. The molecule has 0 aromatic heterocycles. The van der Waals surface area contributed by atoms with E-state index >= 15 is 0 Å². The number of nitrogens with zero attached hydrogens (tertiary/aromatic N) is 1. The van der Waals surface area contributed by atoms with Gasteiger partial charge in [-0.1, -0.05) is 30.5 Å². The van der Waals surface area contributed by atoms with E-state index in [4.69, 9.17) is 23.2 Å². The van der Waals surface area contributed by atoms with E-state index in [-0.39, 0.29) is 0 Å². The molecular formula is C15H19Cl2N. The van der Waals surface area contributed by atoms with Crippen LogP contribution in [-0.4, -0.2) is 12.6 Å². The van der Waals surface area contributed by atoms with Crippen LogP contribution in [0.15, 0.2) is 18.2 Å². The molecule has 1 nitrogen and oxygen atoms in total. The van der Waals surface area contributed by atoms with Gasteiger partial charge in [0.1, 0.15) is 0 Å². The summed E-state index contributed by atoms with van der Waals surface area (Å²) in [5.41, 5.74) is 2.31. The largest absolute Gasteiger partial charge is 0.368 e. The van der Waals surface area contributed by atoms with Crippen molar-refractivity contribution in [1.82, 2.24) is 0 Å². The van der Waals surface area contributed by atoms with Crippen molar-refractivity contribution >= 4 is 28.9 Å². The van der Waals surface area contributed by atoms with E-state index in [0.29, 0.717) is 5.88 Å². The zero-order valence-electron chi connectivity index (χ0n) is 10.5. The molecule has 1 heterocycles. The third-order valence-corrected chi connectivity index (χ3v) is 5.16. The maximum absolute atomic E-state index is 6.27. The molecule has 3 rings (SSSR count). The molecule has 0 bridgehead atoms. The van der Waals surface area contributed by atoms with Crippen molar-refractivity contribution in [2.75, 3.05) is 11.4 Å². The second-order valence-corrected chi connectivity index (χ2v) is 6.18. The van der Waals surface area contributed by atoms with E-state index in [1.165, 1.54) is 44.3 Å². The Morgan fingerprint density at radius 1 is 1.17 bits per heavy atom. The summed E-state index contributed by atoms with van der Waals surface area (Å²) in [5.74, 6) is 1.40. The van der Waals surface area contributed by atoms with Crippen LogP contribution >= 0.6 is 23.2 Å². The second-order valence-electron chi connectivity index (χ2n) is 5.50. The lowest BCUT2D eigenvalue weighted by Gasteiger charge is -2.33. The highest BCUT2D eigenvalue weighted by atomic mass is 35.5. The van der Waals surface area contributed by atoms with Crippen LogP contribution in [0.25, 0.3) is 0 Å². The van der Waals surface area contributed by atoms with Crippen LogP contribution in [0.4, 0.5) is 5.69 Å². The van der Waals surface area contributed by atoms with Gasteiger partial charge < -0.3 is 4.90 Å². The van der Waals surface area contributed by atoms with Crippen molar-refractivity contribution in [2.24, 2.45) is 5.92 Å². The summed E-state index contributed by atoms with van der Waals surface area (Å²) in [4.78, 5) is 2.56. The molecule has 1 saturated heterocycles. The molecule has 18 heavy (non-hydrogen) atoms.